The molecule has 10 unspecified atom stereocenters. The van der Waals surface area contributed by atoms with Crippen molar-refractivity contribution in [1.29, 1.82) is 0 Å². The third kappa shape index (κ3) is 4.67. The summed E-state index contributed by atoms with van der Waals surface area (Å²) in [4.78, 5) is 12.8. The van der Waals surface area contributed by atoms with Crippen molar-refractivity contribution in [3.05, 3.63) is 41.0 Å². The molecule has 16 heteroatoms. The van der Waals surface area contributed by atoms with Crippen molar-refractivity contribution in [3.8, 4) is 28.7 Å². The predicted molar refractivity (Wildman–Crippen MR) is 146 cm³/mol. The van der Waals surface area contributed by atoms with Gasteiger partial charge in [0.05, 0.1) is 33.4 Å². The number of esters is 1. The molecule has 250 valence electrons. The number of phenolic OH excluding ortho intramolecular Hbond substituents is 1. The number of ether oxygens (including phenoxy) is 9. The summed E-state index contributed by atoms with van der Waals surface area (Å²) in [5.41, 5.74) is -1.19. The van der Waals surface area contributed by atoms with Gasteiger partial charge in [0.1, 0.15) is 23.9 Å². The smallest absolute Gasteiger partial charge is 0.310 e. The highest BCUT2D eigenvalue weighted by molar-refractivity contribution is 5.72. The number of aromatic hydroxyl groups is 1. The summed E-state index contributed by atoms with van der Waals surface area (Å²) in [6, 6.07) is 6.00. The van der Waals surface area contributed by atoms with E-state index < -0.39 is 72.5 Å². The Morgan fingerprint density at radius 1 is 0.913 bits per heavy atom. The van der Waals surface area contributed by atoms with Crippen LogP contribution in [0, 0.1) is 11.8 Å². The number of aliphatic hydroxyl groups is 5. The van der Waals surface area contributed by atoms with Gasteiger partial charge in [0.15, 0.2) is 41.7 Å². The van der Waals surface area contributed by atoms with Crippen LogP contribution in [0.1, 0.15) is 36.1 Å². The molecule has 0 saturated carbocycles. The second kappa shape index (κ2) is 11.1. The first-order chi connectivity index (χ1) is 21.9. The monoisotopic (exact) mass is 650 g/mol. The topological polar surface area (TPSA) is 222 Å². The zero-order chi connectivity index (χ0) is 32.7. The van der Waals surface area contributed by atoms with Gasteiger partial charge in [0.2, 0.25) is 12.5 Å². The molecule has 46 heavy (non-hydrogen) atoms. The van der Waals surface area contributed by atoms with Crippen LogP contribution >= 0.6 is 0 Å². The molecule has 0 aromatic heterocycles. The van der Waals surface area contributed by atoms with Gasteiger partial charge in [-0.1, -0.05) is 0 Å². The van der Waals surface area contributed by atoms with Crippen LogP contribution in [0.4, 0.5) is 0 Å². The van der Waals surface area contributed by atoms with Gasteiger partial charge in [-0.3, -0.25) is 9.53 Å². The second-order valence-corrected chi connectivity index (χ2v) is 11.9. The molecule has 4 aliphatic heterocycles. The highest BCUT2D eigenvalue weighted by Gasteiger charge is 2.61. The number of methoxy groups -OCH3 is 2. The van der Waals surface area contributed by atoms with Crippen LogP contribution in [0.15, 0.2) is 24.3 Å². The molecule has 10 atom stereocenters. The van der Waals surface area contributed by atoms with Gasteiger partial charge in [0, 0.05) is 11.8 Å². The van der Waals surface area contributed by atoms with Crippen LogP contribution in [-0.4, -0.2) is 107 Å². The number of carbonyl (C=O) groups is 1. The molecular weight excluding hydrogens is 616 g/mol. The van der Waals surface area contributed by atoms with Crippen LogP contribution in [-0.2, 0) is 34.1 Å². The van der Waals surface area contributed by atoms with Gasteiger partial charge in [-0.2, -0.15) is 0 Å². The number of hydrogen-bond acceptors (Lipinski definition) is 16. The van der Waals surface area contributed by atoms with E-state index in [9.17, 15) is 35.4 Å². The van der Waals surface area contributed by atoms with E-state index in [0.717, 1.165) is 0 Å². The molecule has 0 amide bonds. The number of benzene rings is 2. The maximum absolute atomic E-state index is 12.9. The highest BCUT2D eigenvalue weighted by Crippen LogP contribution is 2.59. The summed E-state index contributed by atoms with van der Waals surface area (Å²) in [7, 11) is 2.68. The van der Waals surface area contributed by atoms with E-state index in [0.29, 0.717) is 17.1 Å². The molecular formula is C30H34O16. The van der Waals surface area contributed by atoms with Crippen molar-refractivity contribution in [2.24, 2.45) is 11.8 Å². The zero-order valence-corrected chi connectivity index (χ0v) is 24.9. The fourth-order valence-electron chi connectivity index (χ4n) is 7.17. The summed E-state index contributed by atoms with van der Waals surface area (Å²) < 4.78 is 50.1. The van der Waals surface area contributed by atoms with E-state index in [1.165, 1.54) is 33.3 Å². The van der Waals surface area contributed by atoms with Crippen LogP contribution < -0.4 is 18.9 Å². The highest BCUT2D eigenvalue weighted by atomic mass is 16.9. The Morgan fingerprint density at radius 2 is 1.59 bits per heavy atom. The summed E-state index contributed by atoms with van der Waals surface area (Å²) in [5.74, 6) is -4.92. The maximum atomic E-state index is 12.9. The second-order valence-electron chi connectivity index (χ2n) is 11.9. The molecule has 5 aliphatic rings. The third-order valence-electron chi connectivity index (χ3n) is 9.33. The van der Waals surface area contributed by atoms with Gasteiger partial charge < -0.3 is 68.5 Å². The molecule has 2 aromatic carbocycles. The fourth-order valence-corrected chi connectivity index (χ4v) is 7.17. The van der Waals surface area contributed by atoms with Gasteiger partial charge in [-0.05, 0) is 47.9 Å². The van der Waals surface area contributed by atoms with Crippen molar-refractivity contribution >= 4 is 5.97 Å². The lowest BCUT2D eigenvalue weighted by molar-refractivity contribution is -0.497. The molecule has 3 saturated heterocycles. The Morgan fingerprint density at radius 3 is 2.26 bits per heavy atom. The third-order valence-corrected chi connectivity index (χ3v) is 9.33. The normalized spacial score (nSPS) is 37.4. The molecule has 6 N–H and O–H groups in total. The van der Waals surface area contributed by atoms with Crippen LogP contribution in [0.3, 0.4) is 0 Å². The van der Waals surface area contributed by atoms with E-state index in [-0.39, 0.29) is 48.2 Å². The Kier molecular flexibility index (Phi) is 7.50. The molecule has 1 aliphatic carbocycles. The molecule has 4 heterocycles. The lowest BCUT2D eigenvalue weighted by Crippen LogP contribution is -2.70. The zero-order valence-electron chi connectivity index (χ0n) is 24.9. The maximum Gasteiger partial charge on any atom is 0.310 e. The van der Waals surface area contributed by atoms with E-state index in [1.807, 2.05) is 0 Å². The summed E-state index contributed by atoms with van der Waals surface area (Å²) in [6.07, 6.45) is -10.7. The number of phenols is 1. The van der Waals surface area contributed by atoms with Gasteiger partial charge in [-0.25, -0.2) is 0 Å². The number of cyclic esters (lactones) is 1. The molecule has 2 aromatic rings. The number of rotatable bonds is 5. The minimum Gasteiger partial charge on any atom is -0.502 e. The van der Waals surface area contributed by atoms with E-state index in [1.54, 1.807) is 12.1 Å². The molecule has 0 radical (unpaired) electrons. The fraction of sp³-hybridized carbons (Fsp3) is 0.567. The Balaban J connectivity index is 1.36. The average molecular weight is 651 g/mol. The van der Waals surface area contributed by atoms with Gasteiger partial charge in [0.25, 0.3) is 0 Å². The minimum absolute atomic E-state index is 0.00313. The van der Waals surface area contributed by atoms with Crippen molar-refractivity contribution in [1.82, 2.24) is 0 Å². The Labute approximate surface area is 261 Å². The Bertz CT molecular complexity index is 1500. The van der Waals surface area contributed by atoms with Crippen molar-refractivity contribution < 1.29 is 78.1 Å². The first kappa shape index (κ1) is 31.2. The molecule has 0 spiro atoms. The molecule has 3 fully saturated rings. The first-order valence-corrected chi connectivity index (χ1v) is 14.6. The van der Waals surface area contributed by atoms with E-state index >= 15 is 0 Å². The first-order valence-electron chi connectivity index (χ1n) is 14.6. The SMILES string of the molecule is COc1cc(C2(O)c3cc4c(cc3C(OC3OC5C(OC(C)OC5(O)O)C(O)C3O)C3COC(=O)CC32)OCO4)cc(OC)c1O. The summed E-state index contributed by atoms with van der Waals surface area (Å²) >= 11 is 0. The number of fused-ring (bicyclic) bond motifs is 4. The largest absolute Gasteiger partial charge is 0.502 e. The lowest BCUT2D eigenvalue weighted by atomic mass is 9.60. The van der Waals surface area contributed by atoms with E-state index in [2.05, 4.69) is 0 Å². The predicted octanol–water partition coefficient (Wildman–Crippen LogP) is -0.529. The van der Waals surface area contributed by atoms with Crippen molar-refractivity contribution in [2.75, 3.05) is 27.6 Å². The summed E-state index contributed by atoms with van der Waals surface area (Å²) in [5, 5.41) is 66.7. The van der Waals surface area contributed by atoms with Crippen molar-refractivity contribution in [2.45, 2.75) is 68.0 Å². The lowest BCUT2D eigenvalue weighted by Gasteiger charge is -2.53. The molecule has 16 nitrogen and oxygen atoms in total. The number of aliphatic hydroxyl groups excluding tert-OH is 2. The minimum atomic E-state index is -2.90. The standard InChI is InChI=1S/C30H34O16/c1-11-43-26-23(33)24(34)28(45-27(26)30(36,37)46-11)44-25-13-6-17-18(42-10-41-17)7-15(13)29(35,16-8-21(31)40-9-14(16)25)12-4-19(38-2)22(32)20(5-12)39-3/h4-7,11,14,16,23-28,32-37H,8-10H2,1-3H3. The van der Waals surface area contributed by atoms with E-state index in [4.69, 9.17) is 42.6 Å². The average Bonchev–Trinajstić information content (AvgIpc) is 3.49. The number of hydrogen-bond donors (Lipinski definition) is 6. The van der Waals surface area contributed by atoms with Crippen LogP contribution in [0.2, 0.25) is 0 Å². The van der Waals surface area contributed by atoms with Gasteiger partial charge in [-0.15, -0.1) is 0 Å². The summed E-state index contributed by atoms with van der Waals surface area (Å²) in [6.45, 7) is 1.04. The quantitative estimate of drug-likeness (QED) is 0.177. The molecule has 0 bridgehead atoms. The van der Waals surface area contributed by atoms with Crippen LogP contribution in [0.5, 0.6) is 28.7 Å². The van der Waals surface area contributed by atoms with Crippen LogP contribution in [0.25, 0.3) is 0 Å². The van der Waals surface area contributed by atoms with Crippen molar-refractivity contribution in [3.63, 3.8) is 0 Å². The number of carbonyl (C=O) groups excluding carboxylic acids is 1. The molecule has 7 rings (SSSR count). The van der Waals surface area contributed by atoms with Gasteiger partial charge >= 0.3 is 11.9 Å². The Hall–Kier alpha value is -3.45.